The summed E-state index contributed by atoms with van der Waals surface area (Å²) >= 11 is 0. The number of benzene rings is 2. The molecular weight excluding hydrogens is 342 g/mol. The van der Waals surface area contributed by atoms with Crippen molar-refractivity contribution in [2.45, 2.75) is 12.8 Å². The summed E-state index contributed by atoms with van der Waals surface area (Å²) in [5, 5.41) is 6.46. The van der Waals surface area contributed by atoms with Crippen LogP contribution in [-0.4, -0.2) is 30.5 Å². The van der Waals surface area contributed by atoms with Gasteiger partial charge in [0.2, 0.25) is 11.8 Å². The summed E-state index contributed by atoms with van der Waals surface area (Å²) in [5.41, 5.74) is 2.36. The molecule has 0 aliphatic heterocycles. The van der Waals surface area contributed by atoms with Gasteiger partial charge in [-0.2, -0.15) is 0 Å². The molecule has 0 unspecified atom stereocenters. The molecule has 6 nitrogen and oxygen atoms in total. The molecule has 0 radical (unpaired) electrons. The second-order valence-corrected chi connectivity index (χ2v) is 6.06. The highest BCUT2D eigenvalue weighted by atomic mass is 16.5. The van der Waals surface area contributed by atoms with E-state index in [9.17, 15) is 9.59 Å². The lowest BCUT2D eigenvalue weighted by Gasteiger charge is -2.09. The van der Waals surface area contributed by atoms with Gasteiger partial charge in [0.05, 0.1) is 18.3 Å². The smallest absolute Gasteiger partial charge is 0.233 e. The molecule has 0 aliphatic carbocycles. The monoisotopic (exact) mass is 363 g/mol. The van der Waals surface area contributed by atoms with Gasteiger partial charge in [0.1, 0.15) is 12.2 Å². The number of hydrogen-bond donors (Lipinski definition) is 2. The van der Waals surface area contributed by atoms with Gasteiger partial charge in [-0.3, -0.25) is 14.6 Å². The standard InChI is InChI=1S/C21H21N3O3/c1-27-17-8-2-5-15(13-17)10-12-22-19(25)14-20(26)24-18-9-3-6-16-7-4-11-23-21(16)18/h2-9,11,13H,10,12,14H2,1H3,(H,22,25)(H,24,26). The Morgan fingerprint density at radius 1 is 1.04 bits per heavy atom. The first-order chi connectivity index (χ1) is 13.2. The number of hydrogen-bond acceptors (Lipinski definition) is 4. The zero-order valence-electron chi connectivity index (χ0n) is 15.1. The zero-order valence-corrected chi connectivity index (χ0v) is 15.1. The topological polar surface area (TPSA) is 80.3 Å². The van der Waals surface area contributed by atoms with Crippen LogP contribution in [0.4, 0.5) is 5.69 Å². The third-order valence-electron chi connectivity index (χ3n) is 4.10. The van der Waals surface area contributed by atoms with Gasteiger partial charge in [-0.25, -0.2) is 0 Å². The third kappa shape index (κ3) is 5.04. The quantitative estimate of drug-likeness (QED) is 0.633. The number of fused-ring (bicyclic) bond motifs is 1. The van der Waals surface area contributed by atoms with Gasteiger partial charge in [-0.1, -0.05) is 30.3 Å². The summed E-state index contributed by atoms with van der Waals surface area (Å²) in [5.74, 6) is 0.0949. The molecule has 1 aromatic heterocycles. The minimum absolute atomic E-state index is 0.235. The fraction of sp³-hybridized carbons (Fsp3) is 0.190. The number of pyridine rings is 1. The van der Waals surface area contributed by atoms with E-state index in [4.69, 9.17) is 4.74 Å². The van der Waals surface area contributed by atoms with Gasteiger partial charge in [-0.15, -0.1) is 0 Å². The van der Waals surface area contributed by atoms with E-state index in [0.717, 1.165) is 16.7 Å². The van der Waals surface area contributed by atoms with Crippen LogP contribution in [0.1, 0.15) is 12.0 Å². The van der Waals surface area contributed by atoms with Crippen LogP contribution in [0.5, 0.6) is 5.75 Å². The number of para-hydroxylation sites is 1. The maximum atomic E-state index is 12.2. The van der Waals surface area contributed by atoms with Crippen molar-refractivity contribution in [2.24, 2.45) is 0 Å². The predicted octanol–water partition coefficient (Wildman–Crippen LogP) is 2.93. The molecule has 138 valence electrons. The summed E-state index contributed by atoms with van der Waals surface area (Å²) in [6.45, 7) is 0.453. The predicted molar refractivity (Wildman–Crippen MR) is 105 cm³/mol. The fourth-order valence-electron chi connectivity index (χ4n) is 2.78. The largest absolute Gasteiger partial charge is 0.497 e. The summed E-state index contributed by atoms with van der Waals surface area (Å²) in [6, 6.07) is 17.0. The van der Waals surface area contributed by atoms with Crippen LogP contribution in [0.15, 0.2) is 60.8 Å². The molecule has 1 heterocycles. The van der Waals surface area contributed by atoms with Gasteiger partial charge >= 0.3 is 0 Å². The van der Waals surface area contributed by atoms with Crippen LogP contribution in [0.25, 0.3) is 10.9 Å². The number of ether oxygens (including phenoxy) is 1. The van der Waals surface area contributed by atoms with E-state index < -0.39 is 0 Å². The highest BCUT2D eigenvalue weighted by Gasteiger charge is 2.11. The third-order valence-corrected chi connectivity index (χ3v) is 4.10. The first-order valence-electron chi connectivity index (χ1n) is 8.69. The molecule has 3 rings (SSSR count). The number of rotatable bonds is 7. The minimum atomic E-state index is -0.368. The molecule has 0 saturated heterocycles. The maximum Gasteiger partial charge on any atom is 0.233 e. The number of nitrogens with one attached hydrogen (secondary N) is 2. The number of aromatic nitrogens is 1. The van der Waals surface area contributed by atoms with Crippen molar-refractivity contribution in [3.05, 3.63) is 66.4 Å². The summed E-state index contributed by atoms with van der Waals surface area (Å²) < 4.78 is 5.18. The van der Waals surface area contributed by atoms with E-state index in [2.05, 4.69) is 15.6 Å². The van der Waals surface area contributed by atoms with Crippen molar-refractivity contribution in [3.63, 3.8) is 0 Å². The number of nitrogens with zero attached hydrogens (tertiary/aromatic N) is 1. The van der Waals surface area contributed by atoms with Crippen molar-refractivity contribution in [1.29, 1.82) is 0 Å². The molecule has 27 heavy (non-hydrogen) atoms. The summed E-state index contributed by atoms with van der Waals surface area (Å²) in [4.78, 5) is 28.5. The molecule has 0 atom stereocenters. The van der Waals surface area contributed by atoms with E-state index in [0.29, 0.717) is 24.2 Å². The number of methoxy groups -OCH3 is 1. The average Bonchev–Trinajstić information content (AvgIpc) is 2.68. The Bertz CT molecular complexity index is 951. The Balaban J connectivity index is 1.49. The Kier molecular flexibility index (Phi) is 5.99. The van der Waals surface area contributed by atoms with Crippen LogP contribution >= 0.6 is 0 Å². The first-order valence-corrected chi connectivity index (χ1v) is 8.69. The number of carbonyl (C=O) groups is 2. The van der Waals surface area contributed by atoms with Crippen molar-refractivity contribution < 1.29 is 14.3 Å². The highest BCUT2D eigenvalue weighted by Crippen LogP contribution is 2.20. The van der Waals surface area contributed by atoms with E-state index in [-0.39, 0.29) is 18.2 Å². The molecule has 2 N–H and O–H groups in total. The number of anilines is 1. The zero-order chi connectivity index (χ0) is 19.1. The van der Waals surface area contributed by atoms with Crippen LogP contribution in [-0.2, 0) is 16.0 Å². The maximum absolute atomic E-state index is 12.2. The molecule has 2 amide bonds. The van der Waals surface area contributed by atoms with Gasteiger partial charge in [0, 0.05) is 18.1 Å². The Hall–Kier alpha value is -3.41. The normalized spacial score (nSPS) is 10.4. The number of carbonyl (C=O) groups excluding carboxylic acids is 2. The fourth-order valence-corrected chi connectivity index (χ4v) is 2.78. The number of amides is 2. The van der Waals surface area contributed by atoms with Crippen molar-refractivity contribution in [3.8, 4) is 5.75 Å². The van der Waals surface area contributed by atoms with E-state index in [1.54, 1.807) is 19.4 Å². The molecule has 6 heteroatoms. The lowest BCUT2D eigenvalue weighted by Crippen LogP contribution is -2.29. The van der Waals surface area contributed by atoms with Gasteiger partial charge in [0.25, 0.3) is 0 Å². The van der Waals surface area contributed by atoms with Crippen LogP contribution in [0.2, 0.25) is 0 Å². The van der Waals surface area contributed by atoms with Crippen molar-refractivity contribution in [2.75, 3.05) is 19.0 Å². The molecule has 0 spiro atoms. The van der Waals surface area contributed by atoms with Crippen LogP contribution < -0.4 is 15.4 Å². The lowest BCUT2D eigenvalue weighted by molar-refractivity contribution is -0.126. The minimum Gasteiger partial charge on any atom is -0.497 e. The average molecular weight is 363 g/mol. The van der Waals surface area contributed by atoms with Gasteiger partial charge in [0.15, 0.2) is 0 Å². The van der Waals surface area contributed by atoms with Gasteiger partial charge in [-0.05, 0) is 36.2 Å². The SMILES string of the molecule is COc1cccc(CCNC(=O)CC(=O)Nc2cccc3cccnc23)c1. The lowest BCUT2D eigenvalue weighted by atomic mass is 10.1. The van der Waals surface area contributed by atoms with E-state index in [1.807, 2.05) is 48.5 Å². The van der Waals surface area contributed by atoms with Crippen LogP contribution in [0.3, 0.4) is 0 Å². The summed E-state index contributed by atoms with van der Waals surface area (Å²) in [6.07, 6.45) is 2.10. The molecule has 0 fully saturated rings. The molecule has 0 saturated carbocycles. The second kappa shape index (κ2) is 8.80. The molecule has 3 aromatic rings. The second-order valence-electron chi connectivity index (χ2n) is 6.06. The molecule has 0 aliphatic rings. The van der Waals surface area contributed by atoms with Crippen molar-refractivity contribution >= 4 is 28.4 Å². The molecule has 2 aromatic carbocycles. The summed E-state index contributed by atoms with van der Waals surface area (Å²) in [7, 11) is 1.62. The molecular formula is C21H21N3O3. The van der Waals surface area contributed by atoms with E-state index >= 15 is 0 Å². The Morgan fingerprint density at radius 2 is 1.85 bits per heavy atom. The van der Waals surface area contributed by atoms with Crippen LogP contribution in [0, 0.1) is 0 Å². The Morgan fingerprint density at radius 3 is 2.70 bits per heavy atom. The Labute approximate surface area is 157 Å². The first kappa shape index (κ1) is 18.4. The van der Waals surface area contributed by atoms with Crippen molar-refractivity contribution in [1.82, 2.24) is 10.3 Å². The highest BCUT2D eigenvalue weighted by molar-refractivity contribution is 6.07. The van der Waals surface area contributed by atoms with E-state index in [1.165, 1.54) is 0 Å². The van der Waals surface area contributed by atoms with Gasteiger partial charge < -0.3 is 15.4 Å². The molecule has 0 bridgehead atoms.